The first-order valence-corrected chi connectivity index (χ1v) is 12.0. The molecule has 0 radical (unpaired) electrons. The number of nitrogen functional groups attached to an aromatic ring is 1. The smallest absolute Gasteiger partial charge is 0.172 e. The normalized spacial score (nSPS) is 21.1. The van der Waals surface area contributed by atoms with Crippen molar-refractivity contribution in [3.8, 4) is 0 Å². The van der Waals surface area contributed by atoms with Gasteiger partial charge in [0.2, 0.25) is 0 Å². The van der Waals surface area contributed by atoms with E-state index < -0.39 is 0 Å². The van der Waals surface area contributed by atoms with Crippen LogP contribution in [-0.4, -0.2) is 70.9 Å². The van der Waals surface area contributed by atoms with E-state index in [1.54, 1.807) is 0 Å². The molecule has 172 valence electrons. The molecular weight excluding hydrogens is 447 g/mol. The quantitative estimate of drug-likeness (QED) is 0.635. The fraction of sp³-hybridized carbons (Fsp3) is 0.522. The zero-order chi connectivity index (χ0) is 22.7. The fourth-order valence-corrected chi connectivity index (χ4v) is 5.26. The Hall–Kier alpha value is -1.93. The average molecular weight is 477 g/mol. The Morgan fingerprint density at radius 3 is 2.47 bits per heavy atom. The van der Waals surface area contributed by atoms with Gasteiger partial charge in [-0.15, -0.1) is 0 Å². The van der Waals surface area contributed by atoms with E-state index in [-0.39, 0.29) is 16.7 Å². The van der Waals surface area contributed by atoms with Crippen molar-refractivity contribution in [1.82, 2.24) is 19.8 Å². The molecule has 4 rings (SSSR count). The number of likely N-dealkylation sites (tertiary alicyclic amines) is 1. The third-order valence-corrected chi connectivity index (χ3v) is 7.15. The summed E-state index contributed by atoms with van der Waals surface area (Å²) in [4.78, 5) is 26.9. The number of benzene rings is 1. The van der Waals surface area contributed by atoms with Crippen LogP contribution in [0.4, 0.5) is 11.6 Å². The Bertz CT molecular complexity index is 933. The summed E-state index contributed by atoms with van der Waals surface area (Å²) in [5, 5.41) is 1.02. The maximum Gasteiger partial charge on any atom is 0.172 e. The molecule has 0 bridgehead atoms. The molecule has 2 aromatic rings. The van der Waals surface area contributed by atoms with Gasteiger partial charge in [-0.25, -0.2) is 9.97 Å². The molecule has 7 nitrogen and oxygen atoms in total. The van der Waals surface area contributed by atoms with Crippen LogP contribution in [0.1, 0.15) is 42.2 Å². The molecule has 2 aliphatic heterocycles. The van der Waals surface area contributed by atoms with Gasteiger partial charge in [0.25, 0.3) is 0 Å². The predicted molar refractivity (Wildman–Crippen MR) is 130 cm³/mol. The summed E-state index contributed by atoms with van der Waals surface area (Å²) in [5.74, 6) is 0.702. The maximum absolute atomic E-state index is 11.1. The summed E-state index contributed by atoms with van der Waals surface area (Å²) >= 11 is 12.3. The second kappa shape index (κ2) is 10.3. The number of hydrogen-bond acceptors (Lipinski definition) is 7. The molecule has 1 unspecified atom stereocenters. The molecule has 2 aliphatic rings. The number of carbonyl (C=O) groups is 1. The number of aromatic nitrogens is 2. The number of halogens is 2. The van der Waals surface area contributed by atoms with Crippen molar-refractivity contribution in [2.75, 3.05) is 43.4 Å². The number of piperazine rings is 1. The van der Waals surface area contributed by atoms with Gasteiger partial charge in [-0.2, -0.15) is 0 Å². The zero-order valence-corrected chi connectivity index (χ0v) is 19.9. The van der Waals surface area contributed by atoms with Gasteiger partial charge in [0.1, 0.15) is 5.69 Å². The highest BCUT2D eigenvalue weighted by atomic mass is 35.5. The number of rotatable bonds is 6. The average Bonchev–Trinajstić information content (AvgIpc) is 2.82. The number of anilines is 2. The van der Waals surface area contributed by atoms with E-state index in [9.17, 15) is 4.79 Å². The summed E-state index contributed by atoms with van der Waals surface area (Å²) < 4.78 is 0. The first kappa shape index (κ1) is 23.2. The van der Waals surface area contributed by atoms with Crippen LogP contribution in [0.2, 0.25) is 10.2 Å². The van der Waals surface area contributed by atoms with E-state index in [2.05, 4.69) is 43.7 Å². The molecule has 32 heavy (non-hydrogen) atoms. The van der Waals surface area contributed by atoms with E-state index >= 15 is 0 Å². The van der Waals surface area contributed by atoms with Crippen molar-refractivity contribution in [3.63, 3.8) is 0 Å². The molecule has 1 aromatic heterocycles. The molecule has 2 N–H and O–H groups in total. The minimum atomic E-state index is 0.0924. The first-order chi connectivity index (χ1) is 15.5. The van der Waals surface area contributed by atoms with Gasteiger partial charge in [0, 0.05) is 43.3 Å². The third-order valence-electron chi connectivity index (χ3n) is 6.65. The van der Waals surface area contributed by atoms with Gasteiger partial charge in [0.15, 0.2) is 23.1 Å². The summed E-state index contributed by atoms with van der Waals surface area (Å²) in [5.41, 5.74) is 7.29. The fourth-order valence-electron chi connectivity index (χ4n) is 4.88. The number of piperidine rings is 1. The van der Waals surface area contributed by atoms with Gasteiger partial charge in [0.05, 0.1) is 0 Å². The SMILES string of the molecule is CCC1CN(c2nc(N)c(C=O)nc2Cl)CCN1C1CCN(Cc2ccc(Cl)cc2)CC1. The van der Waals surface area contributed by atoms with Crippen LogP contribution in [0, 0.1) is 0 Å². The van der Waals surface area contributed by atoms with Crippen molar-refractivity contribution >= 4 is 41.1 Å². The molecule has 2 fully saturated rings. The molecular formula is C23H30Cl2N6O. The highest BCUT2D eigenvalue weighted by Crippen LogP contribution is 2.29. The van der Waals surface area contributed by atoms with Gasteiger partial charge in [-0.1, -0.05) is 42.3 Å². The largest absolute Gasteiger partial charge is 0.382 e. The molecule has 0 saturated carbocycles. The van der Waals surface area contributed by atoms with E-state index in [4.69, 9.17) is 28.9 Å². The molecule has 3 heterocycles. The van der Waals surface area contributed by atoms with Gasteiger partial charge >= 0.3 is 0 Å². The summed E-state index contributed by atoms with van der Waals surface area (Å²) in [6, 6.07) is 9.16. The van der Waals surface area contributed by atoms with E-state index in [1.807, 2.05) is 12.1 Å². The second-order valence-electron chi connectivity index (χ2n) is 8.61. The Kier molecular flexibility index (Phi) is 7.51. The lowest BCUT2D eigenvalue weighted by molar-refractivity contribution is 0.0610. The molecule has 0 spiro atoms. The van der Waals surface area contributed by atoms with Crippen molar-refractivity contribution in [2.24, 2.45) is 0 Å². The van der Waals surface area contributed by atoms with Crippen LogP contribution in [0.3, 0.4) is 0 Å². The Morgan fingerprint density at radius 1 is 1.09 bits per heavy atom. The lowest BCUT2D eigenvalue weighted by atomic mass is 9.98. The zero-order valence-electron chi connectivity index (χ0n) is 18.4. The van der Waals surface area contributed by atoms with Crippen LogP contribution < -0.4 is 10.6 Å². The summed E-state index contributed by atoms with van der Waals surface area (Å²) in [6.45, 7) is 8.01. The molecule has 9 heteroatoms. The highest BCUT2D eigenvalue weighted by molar-refractivity contribution is 6.32. The van der Waals surface area contributed by atoms with Crippen molar-refractivity contribution in [2.45, 2.75) is 44.8 Å². The van der Waals surface area contributed by atoms with Crippen LogP contribution >= 0.6 is 23.2 Å². The van der Waals surface area contributed by atoms with Crippen LogP contribution in [0.5, 0.6) is 0 Å². The molecule has 0 amide bonds. The van der Waals surface area contributed by atoms with Gasteiger partial charge < -0.3 is 10.6 Å². The minimum absolute atomic E-state index is 0.0924. The molecule has 0 aliphatic carbocycles. The topological polar surface area (TPSA) is 78.6 Å². The van der Waals surface area contributed by atoms with E-state index in [1.165, 1.54) is 18.4 Å². The van der Waals surface area contributed by atoms with Gasteiger partial charge in [-0.05, 0) is 50.0 Å². The lowest BCUT2D eigenvalue weighted by Gasteiger charge is -2.47. The molecule has 1 aromatic carbocycles. The maximum atomic E-state index is 11.1. The van der Waals surface area contributed by atoms with Crippen molar-refractivity contribution in [3.05, 3.63) is 45.7 Å². The molecule has 2 saturated heterocycles. The number of nitrogens with zero attached hydrogens (tertiary/aromatic N) is 5. The minimum Gasteiger partial charge on any atom is -0.382 e. The van der Waals surface area contributed by atoms with E-state index in [0.29, 0.717) is 24.2 Å². The highest BCUT2D eigenvalue weighted by Gasteiger charge is 2.34. The Labute approximate surface area is 199 Å². The second-order valence-corrected chi connectivity index (χ2v) is 9.40. The molecule has 1 atom stereocenters. The van der Waals surface area contributed by atoms with Crippen LogP contribution in [0.25, 0.3) is 0 Å². The third kappa shape index (κ3) is 5.17. The number of carbonyl (C=O) groups excluding carboxylic acids is 1. The predicted octanol–water partition coefficient (Wildman–Crippen LogP) is 3.74. The first-order valence-electron chi connectivity index (χ1n) is 11.2. The number of aldehydes is 1. The monoisotopic (exact) mass is 476 g/mol. The number of hydrogen-bond donors (Lipinski definition) is 1. The van der Waals surface area contributed by atoms with E-state index in [0.717, 1.165) is 50.7 Å². The Balaban J connectivity index is 1.35. The van der Waals surface area contributed by atoms with Crippen molar-refractivity contribution < 1.29 is 4.79 Å². The number of nitrogens with two attached hydrogens (primary N) is 1. The van der Waals surface area contributed by atoms with Gasteiger partial charge in [-0.3, -0.25) is 14.6 Å². The van der Waals surface area contributed by atoms with Crippen LogP contribution in [-0.2, 0) is 6.54 Å². The lowest BCUT2D eigenvalue weighted by Crippen LogP contribution is -2.58. The summed E-state index contributed by atoms with van der Waals surface area (Å²) in [7, 11) is 0. The standard InChI is InChI=1S/C23H30Cl2N6O/c1-2-18-14-30(23-21(25)27-20(15-32)22(26)28-23)11-12-31(18)19-7-9-29(10-8-19)13-16-3-5-17(24)6-4-16/h3-6,15,18-19H,2,7-14H2,1H3,(H2,26,28). The van der Waals surface area contributed by atoms with Crippen LogP contribution in [0.15, 0.2) is 24.3 Å². The summed E-state index contributed by atoms with van der Waals surface area (Å²) in [6.07, 6.45) is 3.98. The Morgan fingerprint density at radius 2 is 1.81 bits per heavy atom. The van der Waals surface area contributed by atoms with Crippen molar-refractivity contribution in [1.29, 1.82) is 0 Å².